The number of aliphatic hydroxyl groups is 2. The normalized spacial score (nSPS) is 35.2. The van der Waals surface area contributed by atoms with Crippen LogP contribution in [-0.4, -0.2) is 44.0 Å². The molecule has 2 aliphatic rings. The highest BCUT2D eigenvalue weighted by molar-refractivity contribution is 7.84. The quantitative estimate of drug-likeness (QED) is 0.383. The van der Waals surface area contributed by atoms with E-state index < -0.39 is 34.2 Å². The SMILES string of the molecule is C[C@H]1CCC/C=C/[C@@H]2C[C@H](O)C[C@H]2[C@H](O)[C@H]([S@@](=O)Cc2cccc(N)c2)CC(=O)O1. The minimum atomic E-state index is -1.51. The highest BCUT2D eigenvalue weighted by Gasteiger charge is 2.42. The van der Waals surface area contributed by atoms with Crippen LogP contribution in [0.15, 0.2) is 36.4 Å². The fourth-order valence-corrected chi connectivity index (χ4v) is 6.13. The number of hydrogen-bond acceptors (Lipinski definition) is 6. The second-order valence-corrected chi connectivity index (χ2v) is 10.3. The molecular weight excluding hydrogens is 402 g/mol. The van der Waals surface area contributed by atoms with E-state index in [2.05, 4.69) is 12.2 Å². The fourth-order valence-electron chi connectivity index (χ4n) is 4.58. The van der Waals surface area contributed by atoms with Crippen LogP contribution in [0.3, 0.4) is 0 Å². The molecule has 0 unspecified atom stereocenters. The summed E-state index contributed by atoms with van der Waals surface area (Å²) in [7, 11) is -1.51. The molecule has 7 atom stereocenters. The number of carbonyl (C=O) groups excluding carboxylic acids is 1. The molecule has 0 amide bonds. The van der Waals surface area contributed by atoms with Gasteiger partial charge in [0.15, 0.2) is 0 Å². The van der Waals surface area contributed by atoms with E-state index in [4.69, 9.17) is 10.5 Å². The molecule has 6 nitrogen and oxygen atoms in total. The molecule has 0 radical (unpaired) electrons. The Morgan fingerprint density at radius 2 is 2.07 bits per heavy atom. The van der Waals surface area contributed by atoms with Gasteiger partial charge in [0.1, 0.15) is 0 Å². The number of esters is 1. The van der Waals surface area contributed by atoms with Crippen LogP contribution in [0.1, 0.15) is 51.0 Å². The van der Waals surface area contributed by atoms with E-state index in [1.165, 1.54) is 0 Å². The van der Waals surface area contributed by atoms with Crippen LogP contribution in [0.5, 0.6) is 0 Å². The zero-order valence-corrected chi connectivity index (χ0v) is 18.3. The summed E-state index contributed by atoms with van der Waals surface area (Å²) in [5, 5.41) is 20.7. The van der Waals surface area contributed by atoms with Crippen molar-refractivity contribution in [3.63, 3.8) is 0 Å². The van der Waals surface area contributed by atoms with Gasteiger partial charge in [-0.15, -0.1) is 0 Å². The average Bonchev–Trinajstić information content (AvgIpc) is 3.05. The van der Waals surface area contributed by atoms with E-state index in [1.807, 2.05) is 13.0 Å². The summed E-state index contributed by atoms with van der Waals surface area (Å²) in [5.41, 5.74) is 7.22. The second kappa shape index (κ2) is 10.6. The molecule has 1 fully saturated rings. The first-order chi connectivity index (χ1) is 14.3. The molecule has 7 heteroatoms. The maximum Gasteiger partial charge on any atom is 0.307 e. The van der Waals surface area contributed by atoms with Crippen LogP contribution in [-0.2, 0) is 26.1 Å². The number of carbonyl (C=O) groups is 1. The lowest BCUT2D eigenvalue weighted by atomic mass is 9.87. The van der Waals surface area contributed by atoms with E-state index in [9.17, 15) is 19.2 Å². The van der Waals surface area contributed by atoms with Crippen molar-refractivity contribution in [1.29, 1.82) is 0 Å². The molecule has 166 valence electrons. The number of allylic oxidation sites excluding steroid dienone is 2. The second-order valence-electron chi connectivity index (χ2n) is 8.62. The highest BCUT2D eigenvalue weighted by atomic mass is 32.2. The van der Waals surface area contributed by atoms with E-state index in [1.54, 1.807) is 18.2 Å². The molecule has 1 aromatic rings. The Bertz CT molecular complexity index is 783. The maximum absolute atomic E-state index is 13.3. The predicted molar refractivity (Wildman–Crippen MR) is 118 cm³/mol. The Balaban J connectivity index is 1.85. The van der Waals surface area contributed by atoms with Crippen molar-refractivity contribution in [2.45, 2.75) is 74.8 Å². The van der Waals surface area contributed by atoms with E-state index in [0.29, 0.717) is 18.5 Å². The van der Waals surface area contributed by atoms with Crippen molar-refractivity contribution in [1.82, 2.24) is 0 Å². The average molecular weight is 436 g/mol. The van der Waals surface area contributed by atoms with Crippen LogP contribution in [0.2, 0.25) is 0 Å². The van der Waals surface area contributed by atoms with Crippen LogP contribution in [0, 0.1) is 11.8 Å². The Hall–Kier alpha value is -1.70. The van der Waals surface area contributed by atoms with Crippen LogP contribution in [0.4, 0.5) is 5.69 Å². The Morgan fingerprint density at radius 1 is 1.27 bits per heavy atom. The minimum Gasteiger partial charge on any atom is -0.463 e. The minimum absolute atomic E-state index is 0.0102. The Kier molecular flexibility index (Phi) is 8.08. The number of fused-ring (bicyclic) bond motifs is 1. The zero-order valence-electron chi connectivity index (χ0n) is 17.5. The first-order valence-electron chi connectivity index (χ1n) is 10.8. The van der Waals surface area contributed by atoms with Gasteiger partial charge in [-0.2, -0.15) is 0 Å². The van der Waals surface area contributed by atoms with E-state index >= 15 is 0 Å². The molecule has 4 N–H and O–H groups in total. The number of cyclic esters (lactones) is 1. The summed E-state index contributed by atoms with van der Waals surface area (Å²) in [6.45, 7) is 1.86. The molecule has 1 aromatic carbocycles. The molecule has 1 aliphatic heterocycles. The van der Waals surface area contributed by atoms with Gasteiger partial charge in [0.25, 0.3) is 0 Å². The third kappa shape index (κ3) is 6.15. The van der Waals surface area contributed by atoms with Crippen molar-refractivity contribution in [3.05, 3.63) is 42.0 Å². The molecule has 3 rings (SSSR count). The third-order valence-corrected chi connectivity index (χ3v) is 7.86. The number of hydrogen-bond donors (Lipinski definition) is 3. The van der Waals surface area contributed by atoms with E-state index in [-0.39, 0.29) is 30.1 Å². The van der Waals surface area contributed by atoms with Crippen molar-refractivity contribution in [3.8, 4) is 0 Å². The lowest BCUT2D eigenvalue weighted by Crippen LogP contribution is -2.40. The summed E-state index contributed by atoms with van der Waals surface area (Å²) in [4.78, 5) is 12.6. The van der Waals surface area contributed by atoms with Crippen molar-refractivity contribution >= 4 is 22.5 Å². The Morgan fingerprint density at radius 3 is 2.83 bits per heavy atom. The summed E-state index contributed by atoms with van der Waals surface area (Å²) >= 11 is 0. The van der Waals surface area contributed by atoms with Gasteiger partial charge < -0.3 is 20.7 Å². The molecule has 0 saturated heterocycles. The zero-order chi connectivity index (χ0) is 21.7. The van der Waals surface area contributed by atoms with Gasteiger partial charge in [0.05, 0.1) is 30.0 Å². The third-order valence-electron chi connectivity index (χ3n) is 6.12. The molecule has 0 spiro atoms. The maximum atomic E-state index is 13.3. The fraction of sp³-hybridized carbons (Fsp3) is 0.609. The summed E-state index contributed by atoms with van der Waals surface area (Å²) in [6, 6.07) is 7.16. The highest BCUT2D eigenvalue weighted by Crippen LogP contribution is 2.38. The molecule has 0 aromatic heterocycles. The number of rotatable bonds is 3. The largest absolute Gasteiger partial charge is 0.463 e. The Labute approximate surface area is 181 Å². The number of ether oxygens (including phenoxy) is 1. The van der Waals surface area contributed by atoms with Crippen molar-refractivity contribution in [2.24, 2.45) is 11.8 Å². The number of nitrogens with two attached hydrogens (primary N) is 1. The number of nitrogen functional groups attached to an aromatic ring is 1. The first-order valence-corrected chi connectivity index (χ1v) is 12.2. The van der Waals surface area contributed by atoms with Crippen LogP contribution < -0.4 is 5.73 Å². The van der Waals surface area contributed by atoms with Gasteiger partial charge in [-0.1, -0.05) is 24.3 Å². The van der Waals surface area contributed by atoms with Gasteiger partial charge in [-0.25, -0.2) is 0 Å². The first kappa shape index (κ1) is 23.0. The van der Waals surface area contributed by atoms with Gasteiger partial charge in [-0.3, -0.25) is 9.00 Å². The van der Waals surface area contributed by atoms with E-state index in [0.717, 1.165) is 24.8 Å². The lowest BCUT2D eigenvalue weighted by Gasteiger charge is -2.29. The summed E-state index contributed by atoms with van der Waals surface area (Å²) in [6.07, 6.45) is 5.91. The van der Waals surface area contributed by atoms with Gasteiger partial charge in [0, 0.05) is 22.2 Å². The van der Waals surface area contributed by atoms with Crippen LogP contribution >= 0.6 is 0 Å². The van der Waals surface area contributed by atoms with Gasteiger partial charge in [0.2, 0.25) is 0 Å². The topological polar surface area (TPSA) is 110 Å². The van der Waals surface area contributed by atoms with Crippen molar-refractivity contribution in [2.75, 3.05) is 5.73 Å². The molecular formula is C23H33NO5S. The van der Waals surface area contributed by atoms with Gasteiger partial charge >= 0.3 is 5.97 Å². The molecule has 1 aliphatic carbocycles. The standard InChI is InChI=1S/C23H33NO5S/c1-15-6-3-2-4-8-17-11-19(25)12-20(17)23(27)21(13-22(26)29-15)30(28)14-16-7-5-9-18(24)10-16/h4-5,7-10,15,17,19-21,23,25,27H,2-3,6,11-14,24H2,1H3/b8-4+/t15-,17+,19-,20+,21+,23-,30-/m0/s1. The predicted octanol–water partition coefficient (Wildman–Crippen LogP) is 2.70. The molecule has 1 saturated carbocycles. The number of anilines is 1. The number of benzene rings is 1. The van der Waals surface area contributed by atoms with Crippen molar-refractivity contribution < 1.29 is 24.0 Å². The molecule has 30 heavy (non-hydrogen) atoms. The molecule has 1 heterocycles. The summed E-state index contributed by atoms with van der Waals surface area (Å²) < 4.78 is 18.8. The summed E-state index contributed by atoms with van der Waals surface area (Å²) in [5.74, 6) is -0.464. The van der Waals surface area contributed by atoms with Crippen LogP contribution in [0.25, 0.3) is 0 Å². The smallest absolute Gasteiger partial charge is 0.307 e. The number of aliphatic hydroxyl groups excluding tert-OH is 2. The van der Waals surface area contributed by atoms with Gasteiger partial charge in [-0.05, 0) is 68.6 Å². The monoisotopic (exact) mass is 435 g/mol. The molecule has 0 bridgehead atoms. The lowest BCUT2D eigenvalue weighted by molar-refractivity contribution is -0.149.